The Hall–Kier alpha value is -1.54. The first-order chi connectivity index (χ1) is 12.6. The maximum Gasteiger partial charge on any atom is 0.417 e. The number of rotatable bonds is 4. The van der Waals surface area contributed by atoms with Gasteiger partial charge in [0.2, 0.25) is 5.91 Å². The lowest BCUT2D eigenvalue weighted by molar-refractivity contribution is -0.137. The largest absolute Gasteiger partial charge is 0.417 e. The molecule has 27 heavy (non-hydrogen) atoms. The molecule has 3 rings (SSSR count). The van der Waals surface area contributed by atoms with Gasteiger partial charge in [-0.25, -0.2) is 0 Å². The van der Waals surface area contributed by atoms with Gasteiger partial charge in [-0.1, -0.05) is 18.0 Å². The molecule has 2 saturated carbocycles. The summed E-state index contributed by atoms with van der Waals surface area (Å²) < 4.78 is 38.7. The van der Waals surface area contributed by atoms with Crippen molar-refractivity contribution in [2.75, 3.05) is 18.9 Å². The molecular formula is C18H21ClF3N3OS. The predicted octanol–water partition coefficient (Wildman–Crippen LogP) is 4.29. The van der Waals surface area contributed by atoms with E-state index in [1.807, 2.05) is 0 Å². The number of thiocarbonyl (C=S) groups is 1. The van der Waals surface area contributed by atoms with E-state index < -0.39 is 22.7 Å². The van der Waals surface area contributed by atoms with Crippen LogP contribution in [0.5, 0.6) is 0 Å². The van der Waals surface area contributed by atoms with Crippen LogP contribution in [0.15, 0.2) is 18.2 Å². The van der Waals surface area contributed by atoms with Crippen LogP contribution in [0.25, 0.3) is 0 Å². The van der Waals surface area contributed by atoms with E-state index >= 15 is 0 Å². The molecule has 0 spiro atoms. The Morgan fingerprint density at radius 2 is 2.07 bits per heavy atom. The summed E-state index contributed by atoms with van der Waals surface area (Å²) in [7, 11) is 1.69. The first-order valence-electron chi connectivity index (χ1n) is 8.81. The van der Waals surface area contributed by atoms with Crippen molar-refractivity contribution in [1.29, 1.82) is 0 Å². The highest BCUT2D eigenvalue weighted by molar-refractivity contribution is 7.80. The lowest BCUT2D eigenvalue weighted by Gasteiger charge is -2.28. The number of alkyl halides is 3. The Kier molecular flexibility index (Phi) is 5.86. The molecular weight excluding hydrogens is 399 g/mol. The summed E-state index contributed by atoms with van der Waals surface area (Å²) in [6, 6.07) is 3.63. The van der Waals surface area contributed by atoms with Crippen molar-refractivity contribution < 1.29 is 18.0 Å². The smallest absolute Gasteiger partial charge is 0.360 e. The van der Waals surface area contributed by atoms with Crippen molar-refractivity contribution in [3.63, 3.8) is 0 Å². The first-order valence-corrected chi connectivity index (χ1v) is 9.60. The third kappa shape index (κ3) is 4.85. The van der Waals surface area contributed by atoms with Gasteiger partial charge < -0.3 is 15.5 Å². The topological polar surface area (TPSA) is 44.4 Å². The highest BCUT2D eigenvalue weighted by atomic mass is 35.5. The molecule has 1 aromatic rings. The predicted molar refractivity (Wildman–Crippen MR) is 103 cm³/mol. The third-order valence-electron chi connectivity index (χ3n) is 5.33. The van der Waals surface area contributed by atoms with Gasteiger partial charge in [0, 0.05) is 18.8 Å². The number of benzene rings is 1. The van der Waals surface area contributed by atoms with Crippen LogP contribution >= 0.6 is 23.8 Å². The summed E-state index contributed by atoms with van der Waals surface area (Å²) in [6.45, 7) is -0.0589. The number of amides is 1. The summed E-state index contributed by atoms with van der Waals surface area (Å²) in [6.07, 6.45) is 0.265. The van der Waals surface area contributed by atoms with E-state index in [2.05, 4.69) is 10.6 Å². The minimum absolute atomic E-state index is 0.0390. The van der Waals surface area contributed by atoms with Gasteiger partial charge in [-0.05, 0) is 61.5 Å². The van der Waals surface area contributed by atoms with Crippen LogP contribution < -0.4 is 10.6 Å². The van der Waals surface area contributed by atoms with Crippen LogP contribution in [0, 0.1) is 11.8 Å². The molecule has 0 radical (unpaired) electrons. The molecule has 2 fully saturated rings. The zero-order chi connectivity index (χ0) is 19.8. The van der Waals surface area contributed by atoms with Crippen LogP contribution in [0.3, 0.4) is 0 Å². The quantitative estimate of drug-likeness (QED) is 0.714. The second-order valence-electron chi connectivity index (χ2n) is 7.33. The van der Waals surface area contributed by atoms with Crippen LogP contribution in [0.2, 0.25) is 5.02 Å². The number of likely N-dealkylation sites (N-methyl/N-ethyl adjacent to an activating group) is 1. The minimum Gasteiger partial charge on any atom is -0.360 e. The van der Waals surface area contributed by atoms with Gasteiger partial charge >= 0.3 is 6.18 Å². The molecule has 0 aromatic heterocycles. The van der Waals surface area contributed by atoms with Gasteiger partial charge in [0.15, 0.2) is 5.11 Å². The third-order valence-corrected chi connectivity index (χ3v) is 6.09. The maximum absolute atomic E-state index is 12.9. The fraction of sp³-hybridized carbons (Fsp3) is 0.556. The average molecular weight is 420 g/mol. The second kappa shape index (κ2) is 7.83. The number of carbonyl (C=O) groups excluding carboxylic acids is 1. The molecule has 0 aliphatic heterocycles. The van der Waals surface area contributed by atoms with E-state index in [9.17, 15) is 18.0 Å². The highest BCUT2D eigenvalue weighted by Crippen LogP contribution is 2.44. The standard InChI is InChI=1S/C18H21ClF3N3OS/c1-25(17(27)24-15-7-10-2-3-11(15)6-10)9-16(26)23-12-4-5-14(19)13(8-12)18(20,21)22/h4-5,8,10-11,15H,2-3,6-7,9H2,1H3,(H,23,26)(H,24,27)/t10-,11+,15+/m1/s1. The van der Waals surface area contributed by atoms with Gasteiger partial charge in [-0.3, -0.25) is 4.79 Å². The highest BCUT2D eigenvalue weighted by Gasteiger charge is 2.40. The van der Waals surface area contributed by atoms with E-state index in [-0.39, 0.29) is 12.2 Å². The Morgan fingerprint density at radius 3 is 2.67 bits per heavy atom. The molecule has 0 unspecified atom stereocenters. The first kappa shape index (κ1) is 20.2. The average Bonchev–Trinajstić information content (AvgIpc) is 3.18. The van der Waals surface area contributed by atoms with Crippen LogP contribution in [0.4, 0.5) is 18.9 Å². The maximum atomic E-state index is 12.9. The van der Waals surface area contributed by atoms with Crippen molar-refractivity contribution in [3.05, 3.63) is 28.8 Å². The van der Waals surface area contributed by atoms with Crippen molar-refractivity contribution >= 4 is 40.5 Å². The lowest BCUT2D eigenvalue weighted by Crippen LogP contribution is -2.47. The van der Waals surface area contributed by atoms with Crippen molar-refractivity contribution in [3.8, 4) is 0 Å². The van der Waals surface area contributed by atoms with Gasteiger partial charge in [-0.15, -0.1) is 0 Å². The molecule has 2 aliphatic rings. The van der Waals surface area contributed by atoms with E-state index in [0.717, 1.165) is 24.5 Å². The minimum atomic E-state index is -4.58. The molecule has 3 atom stereocenters. The van der Waals surface area contributed by atoms with Gasteiger partial charge in [0.05, 0.1) is 17.1 Å². The Bertz CT molecular complexity index is 743. The molecule has 0 saturated heterocycles. The molecule has 9 heteroatoms. The van der Waals surface area contributed by atoms with Crippen LogP contribution in [-0.2, 0) is 11.0 Å². The summed E-state index contributed by atoms with van der Waals surface area (Å²) >= 11 is 11.0. The fourth-order valence-electron chi connectivity index (χ4n) is 4.00. The number of nitrogens with one attached hydrogen (secondary N) is 2. The molecule has 1 aromatic carbocycles. The van der Waals surface area contributed by atoms with Crippen molar-refractivity contribution in [2.24, 2.45) is 11.8 Å². The zero-order valence-electron chi connectivity index (χ0n) is 14.8. The second-order valence-corrected chi connectivity index (χ2v) is 8.12. The Morgan fingerprint density at radius 1 is 1.33 bits per heavy atom. The van der Waals surface area contributed by atoms with E-state index in [4.69, 9.17) is 23.8 Å². The van der Waals surface area contributed by atoms with Gasteiger partial charge in [0.25, 0.3) is 0 Å². The molecule has 148 valence electrons. The molecule has 0 heterocycles. The number of nitrogens with zero attached hydrogens (tertiary/aromatic N) is 1. The molecule has 2 aliphatic carbocycles. The molecule has 1 amide bonds. The molecule has 2 bridgehead atoms. The number of hydrogen-bond acceptors (Lipinski definition) is 2. The SMILES string of the molecule is CN(CC(=O)Nc1ccc(Cl)c(C(F)(F)F)c1)C(=S)N[C@H]1C[C@@H]2CC[C@H]1C2. The normalized spacial score (nSPS) is 24.0. The number of carbonyl (C=O) groups is 1. The van der Waals surface area contributed by atoms with Crippen LogP contribution in [0.1, 0.15) is 31.2 Å². The van der Waals surface area contributed by atoms with Crippen LogP contribution in [-0.4, -0.2) is 35.6 Å². The van der Waals surface area contributed by atoms with Crippen molar-refractivity contribution in [1.82, 2.24) is 10.2 Å². The number of anilines is 1. The van der Waals surface area contributed by atoms with Gasteiger partial charge in [-0.2, -0.15) is 13.2 Å². The molecule has 2 N–H and O–H groups in total. The monoisotopic (exact) mass is 419 g/mol. The number of fused-ring (bicyclic) bond motifs is 2. The van der Waals surface area contributed by atoms with Gasteiger partial charge in [0.1, 0.15) is 0 Å². The summed E-state index contributed by atoms with van der Waals surface area (Å²) in [5, 5.41) is 5.86. The Balaban J connectivity index is 1.53. The summed E-state index contributed by atoms with van der Waals surface area (Å²) in [5.41, 5.74) is -0.944. The Labute approximate surface area is 166 Å². The van der Waals surface area contributed by atoms with E-state index in [0.29, 0.717) is 17.1 Å². The summed E-state index contributed by atoms with van der Waals surface area (Å²) in [4.78, 5) is 13.8. The van der Waals surface area contributed by atoms with E-state index in [1.165, 1.54) is 25.3 Å². The molecule has 4 nitrogen and oxygen atoms in total. The van der Waals surface area contributed by atoms with E-state index in [1.54, 1.807) is 11.9 Å². The zero-order valence-corrected chi connectivity index (χ0v) is 16.3. The fourth-order valence-corrected chi connectivity index (χ4v) is 4.44. The number of hydrogen-bond donors (Lipinski definition) is 2. The lowest BCUT2D eigenvalue weighted by atomic mass is 9.95. The van der Waals surface area contributed by atoms with Crippen molar-refractivity contribution in [2.45, 2.75) is 37.9 Å². The summed E-state index contributed by atoms with van der Waals surface area (Å²) in [5.74, 6) is 0.965. The number of halogens is 4.